The lowest BCUT2D eigenvalue weighted by atomic mass is 9.67. The lowest BCUT2D eigenvalue weighted by Crippen LogP contribution is -2.45. The molecule has 5 nitrogen and oxygen atoms in total. The average molecular weight is 432 g/mol. The number of piperidine rings is 1. The molecule has 1 aromatic carbocycles. The molecule has 0 radical (unpaired) electrons. The molecule has 1 aliphatic heterocycles. The van der Waals surface area contributed by atoms with Crippen LogP contribution in [0.15, 0.2) is 61.1 Å². The molecule has 4 rings (SSSR count). The monoisotopic (exact) mass is 432 g/mol. The Labute approximate surface area is 185 Å². The Hall–Kier alpha value is -3.66. The normalized spacial score (nSPS) is 16.2. The van der Waals surface area contributed by atoms with Gasteiger partial charge in [0.2, 0.25) is 0 Å². The minimum atomic E-state index is -0.956. The molecule has 0 N–H and O–H groups in total. The highest BCUT2D eigenvalue weighted by Gasteiger charge is 2.43. The van der Waals surface area contributed by atoms with Gasteiger partial charge in [-0.05, 0) is 49.2 Å². The van der Waals surface area contributed by atoms with Crippen molar-refractivity contribution in [3.8, 4) is 17.3 Å². The number of pyridine rings is 2. The van der Waals surface area contributed by atoms with Gasteiger partial charge in [0.25, 0.3) is 5.91 Å². The Bertz CT molecular complexity index is 1150. The van der Waals surface area contributed by atoms with Gasteiger partial charge in [0, 0.05) is 48.7 Å². The molecule has 0 spiro atoms. The summed E-state index contributed by atoms with van der Waals surface area (Å²) in [6.45, 7) is 2.32. The predicted molar refractivity (Wildman–Crippen MR) is 115 cm³/mol. The van der Waals surface area contributed by atoms with Gasteiger partial charge in [-0.1, -0.05) is 13.0 Å². The van der Waals surface area contributed by atoms with E-state index in [9.17, 15) is 18.8 Å². The van der Waals surface area contributed by atoms with Gasteiger partial charge in [-0.25, -0.2) is 8.78 Å². The molecule has 0 bridgehead atoms. The van der Waals surface area contributed by atoms with Crippen LogP contribution >= 0.6 is 0 Å². The summed E-state index contributed by atoms with van der Waals surface area (Å²) in [6, 6.07) is 13.1. The van der Waals surface area contributed by atoms with Crippen molar-refractivity contribution in [2.24, 2.45) is 5.41 Å². The van der Waals surface area contributed by atoms with Crippen LogP contribution < -0.4 is 0 Å². The summed E-state index contributed by atoms with van der Waals surface area (Å²) in [5.41, 5.74) is 0.801. The van der Waals surface area contributed by atoms with Crippen molar-refractivity contribution in [1.82, 2.24) is 14.9 Å². The van der Waals surface area contributed by atoms with Crippen molar-refractivity contribution in [3.05, 3.63) is 83.8 Å². The van der Waals surface area contributed by atoms with Gasteiger partial charge in [-0.3, -0.25) is 14.8 Å². The van der Waals surface area contributed by atoms with E-state index in [4.69, 9.17) is 0 Å². The number of rotatable bonds is 4. The highest BCUT2D eigenvalue weighted by Crippen LogP contribution is 2.45. The number of carbonyl (C=O) groups is 1. The van der Waals surface area contributed by atoms with Crippen LogP contribution in [0.3, 0.4) is 0 Å². The van der Waals surface area contributed by atoms with E-state index < -0.39 is 23.0 Å². The first kappa shape index (κ1) is 21.6. The van der Waals surface area contributed by atoms with E-state index in [1.807, 2.05) is 0 Å². The number of aromatic nitrogens is 2. The van der Waals surface area contributed by atoms with Gasteiger partial charge >= 0.3 is 0 Å². The molecule has 162 valence electrons. The summed E-state index contributed by atoms with van der Waals surface area (Å²) in [4.78, 5) is 23.4. The molecule has 0 unspecified atom stereocenters. The summed E-state index contributed by atoms with van der Waals surface area (Å²) in [5.74, 6) is -2.12. The summed E-state index contributed by atoms with van der Waals surface area (Å²) in [5, 5.41) is 9.98. The zero-order chi connectivity index (χ0) is 22.7. The van der Waals surface area contributed by atoms with E-state index in [-0.39, 0.29) is 11.5 Å². The standard InChI is InChI=1S/C25H22F2N4O/c1-17(22-20(26)5-2-6-21(22)27)25(16-28)9-14-31(15-10-25)24(32)19-4-3-11-30-23(19)18-7-12-29-13-8-18/h2-8,11-13,17H,9-10,14-15H2,1H3/t17-/m1/s1. The van der Waals surface area contributed by atoms with Crippen molar-refractivity contribution in [2.45, 2.75) is 25.7 Å². The molecular weight excluding hydrogens is 410 g/mol. The van der Waals surface area contributed by atoms with Crippen molar-refractivity contribution in [1.29, 1.82) is 5.26 Å². The van der Waals surface area contributed by atoms with Crippen molar-refractivity contribution in [3.63, 3.8) is 0 Å². The molecule has 1 amide bonds. The third kappa shape index (κ3) is 3.84. The summed E-state index contributed by atoms with van der Waals surface area (Å²) in [6.07, 6.45) is 5.57. The number of amides is 1. The second kappa shape index (κ2) is 8.83. The first-order chi connectivity index (χ1) is 15.5. The van der Waals surface area contributed by atoms with E-state index >= 15 is 0 Å². The van der Waals surface area contributed by atoms with Crippen LogP contribution in [0.5, 0.6) is 0 Å². The second-order valence-electron chi connectivity index (χ2n) is 8.05. The number of hydrogen-bond donors (Lipinski definition) is 0. The third-order valence-electron chi connectivity index (χ3n) is 6.42. The molecule has 0 aliphatic carbocycles. The molecular formula is C25H22F2N4O. The average Bonchev–Trinajstić information content (AvgIpc) is 2.84. The van der Waals surface area contributed by atoms with Crippen molar-refractivity contribution in [2.75, 3.05) is 13.1 Å². The molecule has 1 aliphatic rings. The van der Waals surface area contributed by atoms with Gasteiger partial charge in [0.15, 0.2) is 0 Å². The van der Waals surface area contributed by atoms with Gasteiger partial charge in [-0.15, -0.1) is 0 Å². The van der Waals surface area contributed by atoms with Gasteiger partial charge < -0.3 is 4.90 Å². The predicted octanol–water partition coefficient (Wildman–Crippen LogP) is 4.97. The minimum absolute atomic E-state index is 0.0685. The van der Waals surface area contributed by atoms with Crippen LogP contribution in [0.4, 0.5) is 8.78 Å². The Morgan fingerprint density at radius 3 is 2.34 bits per heavy atom. The Balaban J connectivity index is 1.56. The molecule has 32 heavy (non-hydrogen) atoms. The summed E-state index contributed by atoms with van der Waals surface area (Å²) < 4.78 is 28.7. The van der Waals surface area contributed by atoms with Crippen LogP contribution in [0.1, 0.15) is 41.6 Å². The Morgan fingerprint density at radius 1 is 1.06 bits per heavy atom. The first-order valence-corrected chi connectivity index (χ1v) is 10.5. The number of halogens is 2. The van der Waals surface area contributed by atoms with Crippen molar-refractivity contribution < 1.29 is 13.6 Å². The van der Waals surface area contributed by atoms with Crippen LogP contribution in [0.2, 0.25) is 0 Å². The van der Waals surface area contributed by atoms with E-state index in [0.717, 1.165) is 5.56 Å². The van der Waals surface area contributed by atoms with Gasteiger partial charge in [0.05, 0.1) is 22.7 Å². The third-order valence-corrected chi connectivity index (χ3v) is 6.42. The van der Waals surface area contributed by atoms with Crippen LogP contribution in [0.25, 0.3) is 11.3 Å². The molecule has 3 heterocycles. The largest absolute Gasteiger partial charge is 0.338 e. The molecule has 7 heteroatoms. The first-order valence-electron chi connectivity index (χ1n) is 10.5. The Morgan fingerprint density at radius 2 is 1.72 bits per heavy atom. The number of likely N-dealkylation sites (tertiary alicyclic amines) is 1. The molecule has 1 saturated heterocycles. The van der Waals surface area contributed by atoms with Gasteiger partial charge in [-0.2, -0.15) is 5.26 Å². The molecule has 3 aromatic rings. The van der Waals surface area contributed by atoms with E-state index in [1.165, 1.54) is 18.2 Å². The lowest BCUT2D eigenvalue weighted by Gasteiger charge is -2.41. The number of benzene rings is 1. The minimum Gasteiger partial charge on any atom is -0.338 e. The topological polar surface area (TPSA) is 69.9 Å². The smallest absolute Gasteiger partial charge is 0.256 e. The number of nitrogens with zero attached hydrogens (tertiary/aromatic N) is 4. The zero-order valence-corrected chi connectivity index (χ0v) is 17.6. The van der Waals surface area contributed by atoms with Crippen LogP contribution in [-0.2, 0) is 0 Å². The highest BCUT2D eigenvalue weighted by atomic mass is 19.1. The molecule has 1 fully saturated rings. The number of hydrogen-bond acceptors (Lipinski definition) is 4. The lowest BCUT2D eigenvalue weighted by molar-refractivity contribution is 0.0620. The molecule has 1 atom stereocenters. The number of carbonyl (C=O) groups excluding carboxylic acids is 1. The fraction of sp³-hybridized carbons (Fsp3) is 0.280. The summed E-state index contributed by atoms with van der Waals surface area (Å²) >= 11 is 0. The van der Waals surface area contributed by atoms with E-state index in [2.05, 4.69) is 16.0 Å². The molecule has 0 saturated carbocycles. The second-order valence-corrected chi connectivity index (χ2v) is 8.05. The van der Waals surface area contributed by atoms with Gasteiger partial charge in [0.1, 0.15) is 11.6 Å². The maximum Gasteiger partial charge on any atom is 0.256 e. The Kier molecular flexibility index (Phi) is 5.95. The van der Waals surface area contributed by atoms with E-state index in [1.54, 1.807) is 54.7 Å². The quantitative estimate of drug-likeness (QED) is 0.584. The maximum absolute atomic E-state index is 14.4. The van der Waals surface area contributed by atoms with Crippen LogP contribution in [-0.4, -0.2) is 33.9 Å². The van der Waals surface area contributed by atoms with Crippen LogP contribution in [0, 0.1) is 28.4 Å². The van der Waals surface area contributed by atoms with Crippen molar-refractivity contribution >= 4 is 5.91 Å². The number of nitriles is 1. The fourth-order valence-electron chi connectivity index (χ4n) is 4.44. The summed E-state index contributed by atoms with van der Waals surface area (Å²) in [7, 11) is 0. The maximum atomic E-state index is 14.4. The molecule has 2 aromatic heterocycles. The fourth-order valence-corrected chi connectivity index (χ4v) is 4.44. The highest BCUT2D eigenvalue weighted by molar-refractivity contribution is 5.99. The SMILES string of the molecule is C[C@H](c1c(F)cccc1F)C1(C#N)CCN(C(=O)c2cccnc2-c2ccncc2)CC1. The van der Waals surface area contributed by atoms with E-state index in [0.29, 0.717) is 37.2 Å². The zero-order valence-electron chi connectivity index (χ0n) is 17.6.